The predicted octanol–water partition coefficient (Wildman–Crippen LogP) is -0.0411. The van der Waals surface area contributed by atoms with Gasteiger partial charge in [-0.25, -0.2) is 5.10 Å². The number of nitrogens with one attached hydrogen (secondary N) is 1. The van der Waals surface area contributed by atoms with Crippen molar-refractivity contribution in [2.24, 2.45) is 0 Å². The van der Waals surface area contributed by atoms with Crippen LogP contribution >= 0.6 is 11.8 Å². The molecule has 15 heavy (non-hydrogen) atoms. The lowest BCUT2D eigenvalue weighted by atomic mass is 10.3. The maximum absolute atomic E-state index is 11.8. The number of hydrogen-bond acceptors (Lipinski definition) is 4. The first kappa shape index (κ1) is 10.2. The minimum atomic E-state index is -0.291. The van der Waals surface area contributed by atoms with E-state index in [0.717, 1.165) is 24.6 Å². The highest BCUT2D eigenvalue weighted by molar-refractivity contribution is 7.99. The molecular weight excluding hydrogens is 214 g/mol. The van der Waals surface area contributed by atoms with Gasteiger partial charge in [-0.3, -0.25) is 9.59 Å². The number of H-pyrrole nitrogens is 1. The predicted molar refractivity (Wildman–Crippen MR) is 58.1 cm³/mol. The van der Waals surface area contributed by atoms with Crippen LogP contribution in [0.1, 0.15) is 10.5 Å². The Morgan fingerprint density at radius 3 is 2.73 bits per heavy atom. The van der Waals surface area contributed by atoms with Gasteiger partial charge in [0, 0.05) is 30.7 Å². The van der Waals surface area contributed by atoms with Crippen molar-refractivity contribution >= 4 is 17.7 Å². The van der Waals surface area contributed by atoms with Gasteiger partial charge in [-0.15, -0.1) is 0 Å². The van der Waals surface area contributed by atoms with Crippen molar-refractivity contribution in [3.8, 4) is 0 Å². The molecule has 0 spiro atoms. The van der Waals surface area contributed by atoms with Gasteiger partial charge in [0.1, 0.15) is 5.69 Å². The van der Waals surface area contributed by atoms with Gasteiger partial charge in [0.25, 0.3) is 11.5 Å². The van der Waals surface area contributed by atoms with Crippen LogP contribution in [0.4, 0.5) is 0 Å². The molecule has 80 valence electrons. The Morgan fingerprint density at radius 2 is 2.13 bits per heavy atom. The fraction of sp³-hybridized carbons (Fsp3) is 0.444. The highest BCUT2D eigenvalue weighted by Gasteiger charge is 2.19. The van der Waals surface area contributed by atoms with Crippen LogP contribution in [0.3, 0.4) is 0 Å². The van der Waals surface area contributed by atoms with E-state index in [2.05, 4.69) is 10.2 Å². The molecule has 0 radical (unpaired) electrons. The molecular formula is C9H11N3O2S. The minimum Gasteiger partial charge on any atom is -0.336 e. The molecule has 6 heteroatoms. The Morgan fingerprint density at radius 1 is 1.40 bits per heavy atom. The fourth-order valence-electron chi connectivity index (χ4n) is 1.39. The zero-order valence-electron chi connectivity index (χ0n) is 8.10. The van der Waals surface area contributed by atoms with Gasteiger partial charge in [0.2, 0.25) is 0 Å². The molecule has 1 aliphatic rings. The van der Waals surface area contributed by atoms with Crippen molar-refractivity contribution in [3.05, 3.63) is 28.2 Å². The summed E-state index contributed by atoms with van der Waals surface area (Å²) in [6.45, 7) is 1.51. The SMILES string of the molecule is O=C(c1ccc(=O)[nH]n1)N1CCSCC1. The second-order valence-corrected chi connectivity index (χ2v) is 4.44. The first-order valence-corrected chi connectivity index (χ1v) is 5.85. The van der Waals surface area contributed by atoms with E-state index in [0.29, 0.717) is 5.69 Å². The number of hydrogen-bond donors (Lipinski definition) is 1. The first-order valence-electron chi connectivity index (χ1n) is 4.70. The highest BCUT2D eigenvalue weighted by atomic mass is 32.2. The van der Waals surface area contributed by atoms with Crippen molar-refractivity contribution in [2.75, 3.05) is 24.6 Å². The van der Waals surface area contributed by atoms with Crippen LogP contribution in [0.15, 0.2) is 16.9 Å². The molecule has 1 N–H and O–H groups in total. The smallest absolute Gasteiger partial charge is 0.274 e. The lowest BCUT2D eigenvalue weighted by Gasteiger charge is -2.25. The van der Waals surface area contributed by atoms with Crippen molar-refractivity contribution < 1.29 is 4.79 Å². The number of carbonyl (C=O) groups excluding carboxylic acids is 1. The van der Waals surface area contributed by atoms with Crippen LogP contribution in [-0.4, -0.2) is 45.6 Å². The van der Waals surface area contributed by atoms with Crippen molar-refractivity contribution in [1.82, 2.24) is 15.1 Å². The lowest BCUT2D eigenvalue weighted by molar-refractivity contribution is 0.0765. The molecule has 1 saturated heterocycles. The molecule has 0 atom stereocenters. The van der Waals surface area contributed by atoms with Gasteiger partial charge in [0.15, 0.2) is 0 Å². The summed E-state index contributed by atoms with van der Waals surface area (Å²) in [4.78, 5) is 24.4. The first-order chi connectivity index (χ1) is 7.27. The number of aromatic nitrogens is 2. The van der Waals surface area contributed by atoms with Gasteiger partial charge in [-0.05, 0) is 6.07 Å². The molecule has 1 fully saturated rings. The molecule has 1 aromatic heterocycles. The van der Waals surface area contributed by atoms with E-state index in [4.69, 9.17) is 0 Å². The topological polar surface area (TPSA) is 66.1 Å². The molecule has 5 nitrogen and oxygen atoms in total. The average molecular weight is 225 g/mol. The van der Waals surface area contributed by atoms with Crippen molar-refractivity contribution in [2.45, 2.75) is 0 Å². The number of amides is 1. The summed E-state index contributed by atoms with van der Waals surface area (Å²) in [6.07, 6.45) is 0. The number of carbonyl (C=O) groups is 1. The minimum absolute atomic E-state index is 0.105. The summed E-state index contributed by atoms with van der Waals surface area (Å²) in [7, 11) is 0. The summed E-state index contributed by atoms with van der Waals surface area (Å²) >= 11 is 1.84. The van der Waals surface area contributed by atoms with Crippen molar-refractivity contribution in [1.29, 1.82) is 0 Å². The monoisotopic (exact) mass is 225 g/mol. The third-order valence-corrected chi connectivity index (χ3v) is 3.14. The Kier molecular flexibility index (Phi) is 3.05. The molecule has 0 aromatic carbocycles. The van der Waals surface area contributed by atoms with Gasteiger partial charge < -0.3 is 4.90 Å². The largest absolute Gasteiger partial charge is 0.336 e. The molecule has 0 saturated carbocycles. The number of nitrogens with zero attached hydrogens (tertiary/aromatic N) is 2. The molecule has 0 bridgehead atoms. The summed E-state index contributed by atoms with van der Waals surface area (Å²) in [5, 5.41) is 5.98. The molecule has 2 heterocycles. The van der Waals surface area contributed by atoms with E-state index in [1.165, 1.54) is 12.1 Å². The Labute approximate surface area is 90.9 Å². The van der Waals surface area contributed by atoms with E-state index in [9.17, 15) is 9.59 Å². The zero-order chi connectivity index (χ0) is 10.7. The van der Waals surface area contributed by atoms with E-state index in [-0.39, 0.29) is 11.5 Å². The average Bonchev–Trinajstić information content (AvgIpc) is 2.30. The van der Waals surface area contributed by atoms with Crippen LogP contribution in [0.5, 0.6) is 0 Å². The summed E-state index contributed by atoms with van der Waals surface area (Å²) < 4.78 is 0. The zero-order valence-corrected chi connectivity index (χ0v) is 8.92. The maximum atomic E-state index is 11.8. The van der Waals surface area contributed by atoms with E-state index >= 15 is 0 Å². The Balaban J connectivity index is 2.12. The number of aromatic amines is 1. The van der Waals surface area contributed by atoms with Crippen LogP contribution in [-0.2, 0) is 0 Å². The standard InChI is InChI=1S/C9H11N3O2S/c13-8-2-1-7(10-11-8)9(14)12-3-5-15-6-4-12/h1-2H,3-6H2,(H,11,13). The summed E-state index contributed by atoms with van der Waals surface area (Å²) in [5.41, 5.74) is 0.0160. The van der Waals surface area contributed by atoms with Crippen LogP contribution < -0.4 is 5.56 Å². The van der Waals surface area contributed by atoms with E-state index < -0.39 is 0 Å². The lowest BCUT2D eigenvalue weighted by Crippen LogP contribution is -2.38. The van der Waals surface area contributed by atoms with E-state index in [1.807, 2.05) is 11.8 Å². The number of rotatable bonds is 1. The van der Waals surface area contributed by atoms with E-state index in [1.54, 1.807) is 4.90 Å². The maximum Gasteiger partial charge on any atom is 0.274 e. The Bertz CT molecular complexity index is 392. The quantitative estimate of drug-likeness (QED) is 0.728. The Hall–Kier alpha value is -1.30. The summed E-state index contributed by atoms with van der Waals surface area (Å²) in [6, 6.07) is 2.78. The molecule has 1 amide bonds. The van der Waals surface area contributed by atoms with Crippen LogP contribution in [0.2, 0.25) is 0 Å². The van der Waals surface area contributed by atoms with Crippen molar-refractivity contribution in [3.63, 3.8) is 0 Å². The second-order valence-electron chi connectivity index (χ2n) is 3.21. The highest BCUT2D eigenvalue weighted by Crippen LogP contribution is 2.11. The van der Waals surface area contributed by atoms with Gasteiger partial charge in [-0.2, -0.15) is 16.9 Å². The van der Waals surface area contributed by atoms with Crippen LogP contribution in [0, 0.1) is 0 Å². The van der Waals surface area contributed by atoms with Gasteiger partial charge in [0.05, 0.1) is 0 Å². The van der Waals surface area contributed by atoms with Crippen LogP contribution in [0.25, 0.3) is 0 Å². The van der Waals surface area contributed by atoms with Gasteiger partial charge in [-0.1, -0.05) is 0 Å². The molecule has 0 unspecified atom stereocenters. The normalized spacial score (nSPS) is 16.4. The third-order valence-electron chi connectivity index (χ3n) is 2.20. The molecule has 2 rings (SSSR count). The molecule has 1 aromatic rings. The molecule has 1 aliphatic heterocycles. The fourth-order valence-corrected chi connectivity index (χ4v) is 2.30. The number of thioether (sulfide) groups is 1. The van der Waals surface area contributed by atoms with Gasteiger partial charge >= 0.3 is 0 Å². The summed E-state index contributed by atoms with van der Waals surface area (Å²) in [5.74, 6) is 1.83. The third kappa shape index (κ3) is 2.38. The molecule has 0 aliphatic carbocycles. The second kappa shape index (κ2) is 4.48.